The van der Waals surface area contributed by atoms with Crippen LogP contribution in [0.4, 0.5) is 0 Å². The average molecular weight is 275 g/mol. The van der Waals surface area contributed by atoms with Crippen LogP contribution in [0.1, 0.15) is 46.8 Å². The largest absolute Gasteiger partial charge is 0.304 e. The predicted molar refractivity (Wildman–Crippen MR) is 79.4 cm³/mol. The lowest BCUT2D eigenvalue weighted by Gasteiger charge is -2.10. The molecular weight excluding hydrogens is 254 g/mol. The highest BCUT2D eigenvalue weighted by Gasteiger charge is 2.16. The molecule has 1 aliphatic rings. The highest BCUT2D eigenvalue weighted by Crippen LogP contribution is 2.32. The maximum absolute atomic E-state index is 4.40. The van der Waals surface area contributed by atoms with Crippen LogP contribution >= 0.6 is 11.3 Å². The maximum Gasteiger partial charge on any atom is 0.0762 e. The molecule has 0 aromatic carbocycles. The van der Waals surface area contributed by atoms with Gasteiger partial charge in [0, 0.05) is 35.6 Å². The van der Waals surface area contributed by atoms with Crippen molar-refractivity contribution in [1.29, 1.82) is 0 Å². The van der Waals surface area contributed by atoms with Gasteiger partial charge in [-0.25, -0.2) is 0 Å². The lowest BCUT2D eigenvalue weighted by atomic mass is 9.99. The van der Waals surface area contributed by atoms with E-state index < -0.39 is 0 Å². The van der Waals surface area contributed by atoms with E-state index in [4.69, 9.17) is 0 Å². The summed E-state index contributed by atoms with van der Waals surface area (Å²) in [5.41, 5.74) is 2.70. The highest BCUT2D eigenvalue weighted by atomic mass is 32.1. The number of nitrogens with zero attached hydrogens (tertiary/aromatic N) is 2. The monoisotopic (exact) mass is 275 g/mol. The molecule has 4 heteroatoms. The summed E-state index contributed by atoms with van der Waals surface area (Å²) < 4.78 is 1.85. The van der Waals surface area contributed by atoms with E-state index in [2.05, 4.69) is 29.5 Å². The first-order valence-corrected chi connectivity index (χ1v) is 7.87. The van der Waals surface area contributed by atoms with Gasteiger partial charge in [0.15, 0.2) is 0 Å². The van der Waals surface area contributed by atoms with Crippen molar-refractivity contribution < 1.29 is 0 Å². The van der Waals surface area contributed by atoms with Crippen molar-refractivity contribution in [3.8, 4) is 0 Å². The summed E-state index contributed by atoms with van der Waals surface area (Å²) >= 11 is 2.00. The zero-order valence-corrected chi connectivity index (χ0v) is 12.5. The van der Waals surface area contributed by atoms with Gasteiger partial charge in [0.2, 0.25) is 0 Å². The van der Waals surface area contributed by atoms with Crippen molar-refractivity contribution in [3.63, 3.8) is 0 Å². The van der Waals surface area contributed by atoms with Gasteiger partial charge < -0.3 is 5.32 Å². The molecule has 19 heavy (non-hydrogen) atoms. The first kappa shape index (κ1) is 12.9. The molecule has 2 aromatic heterocycles. The van der Waals surface area contributed by atoms with Gasteiger partial charge >= 0.3 is 0 Å². The van der Waals surface area contributed by atoms with Gasteiger partial charge in [0.1, 0.15) is 0 Å². The Balaban J connectivity index is 1.63. The summed E-state index contributed by atoms with van der Waals surface area (Å²) in [6, 6.07) is 4.90. The minimum atomic E-state index is 0.414. The Labute approximate surface area is 118 Å². The Kier molecular flexibility index (Phi) is 3.71. The molecule has 0 bridgehead atoms. The topological polar surface area (TPSA) is 29.9 Å². The van der Waals surface area contributed by atoms with Crippen molar-refractivity contribution >= 4 is 11.3 Å². The Hall–Kier alpha value is -1.13. The standard InChI is InChI=1S/C15H21N3S/c1-11(16-10-13-7-8-18(2)17-13)15-9-12-5-3-4-6-14(12)19-15/h7-9,11,16H,3-6,10H2,1-2H3. The molecule has 2 heterocycles. The van der Waals surface area contributed by atoms with Crippen LogP contribution in [0.3, 0.4) is 0 Å². The van der Waals surface area contributed by atoms with E-state index in [1.807, 2.05) is 29.3 Å². The minimum absolute atomic E-state index is 0.414. The second-order valence-corrected chi connectivity index (χ2v) is 6.56. The molecule has 3 nitrogen and oxygen atoms in total. The lowest BCUT2D eigenvalue weighted by Crippen LogP contribution is -2.17. The third-order valence-electron chi connectivity index (χ3n) is 3.80. The molecule has 0 amide bonds. The zero-order chi connectivity index (χ0) is 13.2. The second-order valence-electron chi connectivity index (χ2n) is 5.39. The van der Waals surface area contributed by atoms with Crippen molar-refractivity contribution in [2.24, 2.45) is 7.05 Å². The molecule has 0 saturated carbocycles. The fourth-order valence-electron chi connectivity index (χ4n) is 2.64. The van der Waals surface area contributed by atoms with Gasteiger partial charge in [0.25, 0.3) is 0 Å². The first-order valence-electron chi connectivity index (χ1n) is 7.06. The van der Waals surface area contributed by atoms with Gasteiger partial charge in [0.05, 0.1) is 5.69 Å². The van der Waals surface area contributed by atoms with Crippen LogP contribution in [0.5, 0.6) is 0 Å². The third kappa shape index (κ3) is 2.90. The second kappa shape index (κ2) is 5.47. The van der Waals surface area contributed by atoms with Crippen LogP contribution in [0.15, 0.2) is 18.3 Å². The Bertz CT molecular complexity index is 532. The van der Waals surface area contributed by atoms with Crippen LogP contribution in [0.2, 0.25) is 0 Å². The Morgan fingerprint density at radius 3 is 3.00 bits per heavy atom. The van der Waals surface area contributed by atoms with E-state index in [1.54, 1.807) is 10.4 Å². The molecule has 1 atom stereocenters. The summed E-state index contributed by atoms with van der Waals surface area (Å²) in [6.07, 6.45) is 7.28. The number of hydrogen-bond acceptors (Lipinski definition) is 3. The number of fused-ring (bicyclic) bond motifs is 1. The lowest BCUT2D eigenvalue weighted by molar-refractivity contribution is 0.568. The van der Waals surface area contributed by atoms with Crippen molar-refractivity contribution in [2.45, 2.75) is 45.2 Å². The quantitative estimate of drug-likeness (QED) is 0.928. The number of nitrogens with one attached hydrogen (secondary N) is 1. The van der Waals surface area contributed by atoms with Crippen LogP contribution in [0, 0.1) is 0 Å². The number of aromatic nitrogens is 2. The van der Waals surface area contributed by atoms with E-state index in [0.29, 0.717) is 6.04 Å². The van der Waals surface area contributed by atoms with Crippen LogP contribution in [-0.4, -0.2) is 9.78 Å². The summed E-state index contributed by atoms with van der Waals surface area (Å²) in [6.45, 7) is 3.09. The molecule has 1 N–H and O–H groups in total. The van der Waals surface area contributed by atoms with Crippen molar-refractivity contribution in [3.05, 3.63) is 39.3 Å². The van der Waals surface area contributed by atoms with Gasteiger partial charge in [-0.3, -0.25) is 4.68 Å². The molecule has 102 valence electrons. The molecule has 3 rings (SSSR count). The fourth-order valence-corrected chi connectivity index (χ4v) is 3.93. The Morgan fingerprint density at radius 2 is 2.26 bits per heavy atom. The molecule has 1 aliphatic carbocycles. The molecule has 0 spiro atoms. The number of hydrogen-bond donors (Lipinski definition) is 1. The number of aryl methyl sites for hydroxylation is 3. The van der Waals surface area contributed by atoms with Gasteiger partial charge in [-0.05, 0) is 50.3 Å². The van der Waals surface area contributed by atoms with Gasteiger partial charge in [-0.1, -0.05) is 0 Å². The van der Waals surface area contributed by atoms with E-state index in [9.17, 15) is 0 Å². The summed E-state index contributed by atoms with van der Waals surface area (Å²) in [7, 11) is 1.96. The third-order valence-corrected chi connectivity index (χ3v) is 5.22. The molecule has 0 fully saturated rings. The van der Waals surface area contributed by atoms with Crippen LogP contribution < -0.4 is 5.32 Å². The summed E-state index contributed by atoms with van der Waals surface area (Å²) in [5.74, 6) is 0. The van der Waals surface area contributed by atoms with E-state index in [0.717, 1.165) is 12.2 Å². The normalized spacial score (nSPS) is 16.3. The molecule has 0 aliphatic heterocycles. The number of thiophene rings is 1. The Morgan fingerprint density at radius 1 is 1.42 bits per heavy atom. The highest BCUT2D eigenvalue weighted by molar-refractivity contribution is 7.12. The zero-order valence-electron chi connectivity index (χ0n) is 11.6. The molecule has 0 radical (unpaired) electrons. The maximum atomic E-state index is 4.40. The summed E-state index contributed by atoms with van der Waals surface area (Å²) in [4.78, 5) is 3.09. The van der Waals surface area contributed by atoms with Crippen molar-refractivity contribution in [2.75, 3.05) is 0 Å². The number of rotatable bonds is 4. The van der Waals surface area contributed by atoms with Crippen LogP contribution in [0.25, 0.3) is 0 Å². The van der Waals surface area contributed by atoms with Gasteiger partial charge in [-0.2, -0.15) is 5.10 Å². The fraction of sp³-hybridized carbons (Fsp3) is 0.533. The first-order chi connectivity index (χ1) is 9.22. The smallest absolute Gasteiger partial charge is 0.0762 e. The average Bonchev–Trinajstić information content (AvgIpc) is 3.01. The molecule has 1 unspecified atom stereocenters. The predicted octanol–water partition coefficient (Wildman–Crippen LogP) is 3.21. The SMILES string of the molecule is CC(NCc1ccn(C)n1)c1cc2c(s1)CCCC2. The molecule has 0 saturated heterocycles. The molecule has 2 aromatic rings. The minimum Gasteiger partial charge on any atom is -0.304 e. The van der Waals surface area contributed by atoms with E-state index in [-0.39, 0.29) is 0 Å². The molecular formula is C15H21N3S. The van der Waals surface area contributed by atoms with Crippen molar-refractivity contribution in [1.82, 2.24) is 15.1 Å². The van der Waals surface area contributed by atoms with Crippen LogP contribution in [-0.2, 0) is 26.4 Å². The van der Waals surface area contributed by atoms with E-state index >= 15 is 0 Å². The summed E-state index contributed by atoms with van der Waals surface area (Å²) in [5, 5.41) is 7.97. The van der Waals surface area contributed by atoms with E-state index in [1.165, 1.54) is 30.6 Å². The van der Waals surface area contributed by atoms with Gasteiger partial charge in [-0.15, -0.1) is 11.3 Å².